The fourth-order valence-corrected chi connectivity index (χ4v) is 3.00. The molecule has 4 nitrogen and oxygen atoms in total. The quantitative estimate of drug-likeness (QED) is 0.725. The SMILES string of the molecule is Oc1c(F)cccc1CNc1cccc2c1N=[Se]=N2. The van der Waals surface area contributed by atoms with Gasteiger partial charge >= 0.3 is 114 Å². The topological polar surface area (TPSA) is 57.0 Å². The molecule has 0 spiro atoms. The Hall–Kier alpha value is -1.91. The first-order valence-corrected chi connectivity index (χ1v) is 7.20. The van der Waals surface area contributed by atoms with Crippen molar-refractivity contribution in [3.63, 3.8) is 0 Å². The Morgan fingerprint density at radius 2 is 2.00 bits per heavy atom. The van der Waals surface area contributed by atoms with E-state index in [2.05, 4.69) is 13.2 Å². The van der Waals surface area contributed by atoms with Crippen LogP contribution in [0.3, 0.4) is 0 Å². The van der Waals surface area contributed by atoms with Gasteiger partial charge in [0.05, 0.1) is 0 Å². The molecule has 2 N–H and O–H groups in total. The van der Waals surface area contributed by atoms with Crippen molar-refractivity contribution in [1.82, 2.24) is 0 Å². The Kier molecular flexibility index (Phi) is 3.19. The molecule has 3 rings (SSSR count). The minimum atomic E-state index is -0.611. The van der Waals surface area contributed by atoms with Crippen molar-refractivity contribution < 1.29 is 9.50 Å². The van der Waals surface area contributed by atoms with Crippen LogP contribution in [0.25, 0.3) is 0 Å². The molecule has 1 aliphatic heterocycles. The number of para-hydroxylation sites is 1. The maximum absolute atomic E-state index is 13.2. The Balaban J connectivity index is 1.83. The number of nitrogens with zero attached hydrogens (tertiary/aromatic N) is 2. The molecule has 96 valence electrons. The Morgan fingerprint density at radius 3 is 2.89 bits per heavy atom. The molecule has 19 heavy (non-hydrogen) atoms. The Labute approximate surface area is 115 Å². The van der Waals surface area contributed by atoms with Gasteiger partial charge < -0.3 is 0 Å². The van der Waals surface area contributed by atoms with Crippen LogP contribution in [0.15, 0.2) is 44.3 Å². The van der Waals surface area contributed by atoms with Crippen molar-refractivity contribution in [2.45, 2.75) is 6.54 Å². The summed E-state index contributed by atoms with van der Waals surface area (Å²) in [4.78, 5) is 0. The number of rotatable bonds is 3. The molecule has 0 unspecified atom stereocenters. The normalized spacial score (nSPS) is 12.1. The monoisotopic (exact) mass is 323 g/mol. The van der Waals surface area contributed by atoms with E-state index >= 15 is 0 Å². The van der Waals surface area contributed by atoms with Crippen molar-refractivity contribution in [2.24, 2.45) is 7.92 Å². The number of aromatic hydroxyl groups is 1. The first-order chi connectivity index (χ1) is 9.25. The van der Waals surface area contributed by atoms with E-state index in [9.17, 15) is 9.50 Å². The predicted octanol–water partition coefficient (Wildman–Crippen LogP) is 3.49. The molecule has 0 amide bonds. The van der Waals surface area contributed by atoms with Gasteiger partial charge in [-0.2, -0.15) is 0 Å². The molecule has 0 fully saturated rings. The number of hydrogen-bond acceptors (Lipinski definition) is 4. The number of fused-ring (bicyclic) bond motifs is 1. The van der Waals surface area contributed by atoms with Crippen LogP contribution in [-0.2, 0) is 6.54 Å². The van der Waals surface area contributed by atoms with Crippen LogP contribution in [-0.4, -0.2) is 19.7 Å². The second kappa shape index (κ2) is 4.99. The van der Waals surface area contributed by atoms with Gasteiger partial charge in [-0.25, -0.2) is 0 Å². The fourth-order valence-electron chi connectivity index (χ4n) is 1.84. The molecular formula is C13H10FN3OSe. The third kappa shape index (κ3) is 2.32. The molecule has 1 heterocycles. The zero-order chi connectivity index (χ0) is 13.2. The molecule has 1 aliphatic rings. The third-order valence-electron chi connectivity index (χ3n) is 2.83. The molecule has 0 aliphatic carbocycles. The van der Waals surface area contributed by atoms with Gasteiger partial charge in [0, 0.05) is 0 Å². The van der Waals surface area contributed by atoms with E-state index in [1.807, 2.05) is 18.2 Å². The van der Waals surface area contributed by atoms with Crippen molar-refractivity contribution in [3.05, 3.63) is 47.8 Å². The number of phenols is 1. The van der Waals surface area contributed by atoms with Crippen LogP contribution in [0.2, 0.25) is 0 Å². The summed E-state index contributed by atoms with van der Waals surface area (Å²) in [5.41, 5.74) is 3.09. The van der Waals surface area contributed by atoms with E-state index in [0.29, 0.717) is 12.1 Å². The summed E-state index contributed by atoms with van der Waals surface area (Å²) in [6.07, 6.45) is 0. The Bertz CT molecular complexity index is 711. The molecule has 0 aromatic heterocycles. The maximum atomic E-state index is 13.2. The summed E-state index contributed by atoms with van der Waals surface area (Å²) in [5, 5.41) is 12.8. The van der Waals surface area contributed by atoms with E-state index in [-0.39, 0.29) is 20.3 Å². The van der Waals surface area contributed by atoms with Gasteiger partial charge in [0.2, 0.25) is 0 Å². The number of nitrogens with one attached hydrogen (secondary N) is 1. The van der Waals surface area contributed by atoms with E-state index in [0.717, 1.165) is 17.1 Å². The number of benzene rings is 2. The number of hydrogen-bond donors (Lipinski definition) is 2. The molecular weight excluding hydrogens is 312 g/mol. The van der Waals surface area contributed by atoms with Gasteiger partial charge in [-0.15, -0.1) is 0 Å². The first-order valence-electron chi connectivity index (χ1n) is 5.67. The summed E-state index contributed by atoms with van der Waals surface area (Å²) < 4.78 is 21.9. The van der Waals surface area contributed by atoms with E-state index < -0.39 is 5.82 Å². The average Bonchev–Trinajstić information content (AvgIpc) is 2.89. The van der Waals surface area contributed by atoms with Crippen LogP contribution in [0, 0.1) is 5.82 Å². The minimum absolute atomic E-state index is 0.0822. The standard InChI is InChI=1S/C13H10FN3OSe/c14-9-4-1-3-8(13(9)18)7-15-10-5-2-6-11-12(10)17-19-16-11/h1-6,15,18H,7H2. The van der Waals surface area contributed by atoms with Crippen molar-refractivity contribution >= 4 is 31.6 Å². The van der Waals surface area contributed by atoms with E-state index in [4.69, 9.17) is 0 Å². The molecule has 0 saturated carbocycles. The first kappa shape index (κ1) is 12.1. The van der Waals surface area contributed by atoms with Gasteiger partial charge in [0.25, 0.3) is 0 Å². The van der Waals surface area contributed by atoms with Gasteiger partial charge in [-0.1, -0.05) is 0 Å². The van der Waals surface area contributed by atoms with Crippen molar-refractivity contribution in [1.29, 1.82) is 0 Å². The van der Waals surface area contributed by atoms with E-state index in [1.165, 1.54) is 6.07 Å². The molecule has 0 radical (unpaired) electrons. The Morgan fingerprint density at radius 1 is 1.16 bits per heavy atom. The number of halogens is 1. The molecule has 6 heteroatoms. The summed E-state index contributed by atoms with van der Waals surface area (Å²) >= 11 is -0.0822. The van der Waals surface area contributed by atoms with Gasteiger partial charge in [0.15, 0.2) is 0 Å². The fraction of sp³-hybridized carbons (Fsp3) is 0.0769. The average molecular weight is 322 g/mol. The van der Waals surface area contributed by atoms with Gasteiger partial charge in [0.1, 0.15) is 0 Å². The molecule has 0 bridgehead atoms. The van der Waals surface area contributed by atoms with Crippen LogP contribution in [0.4, 0.5) is 21.5 Å². The molecule has 0 saturated heterocycles. The zero-order valence-corrected chi connectivity index (χ0v) is 11.5. The second-order valence-electron chi connectivity index (χ2n) is 4.04. The van der Waals surface area contributed by atoms with Crippen LogP contribution < -0.4 is 5.32 Å². The van der Waals surface area contributed by atoms with Crippen LogP contribution in [0.5, 0.6) is 5.75 Å². The second-order valence-corrected chi connectivity index (χ2v) is 5.15. The van der Waals surface area contributed by atoms with E-state index in [1.54, 1.807) is 12.1 Å². The van der Waals surface area contributed by atoms with Crippen LogP contribution in [0.1, 0.15) is 5.56 Å². The summed E-state index contributed by atoms with van der Waals surface area (Å²) in [6.45, 7) is 0.336. The number of phenolic OH excluding ortho intramolecular Hbond substituents is 1. The van der Waals surface area contributed by atoms with Crippen molar-refractivity contribution in [2.75, 3.05) is 5.32 Å². The summed E-state index contributed by atoms with van der Waals surface area (Å²) in [6, 6.07) is 10.2. The van der Waals surface area contributed by atoms with Gasteiger partial charge in [-0.3, -0.25) is 0 Å². The number of anilines is 1. The third-order valence-corrected chi connectivity index (χ3v) is 3.96. The molecule has 2 aromatic carbocycles. The summed E-state index contributed by atoms with van der Waals surface area (Å²) in [5.74, 6) is -0.922. The summed E-state index contributed by atoms with van der Waals surface area (Å²) in [7, 11) is 0. The molecule has 2 aromatic rings. The van der Waals surface area contributed by atoms with Crippen LogP contribution >= 0.6 is 0 Å². The van der Waals surface area contributed by atoms with Crippen molar-refractivity contribution in [3.8, 4) is 5.75 Å². The zero-order valence-electron chi connectivity index (χ0n) is 9.80. The predicted molar refractivity (Wildman–Crippen MR) is 71.8 cm³/mol. The molecule has 0 atom stereocenters. The van der Waals surface area contributed by atoms with Gasteiger partial charge in [-0.05, 0) is 0 Å².